The van der Waals surface area contributed by atoms with Gasteiger partial charge in [0.2, 0.25) is 0 Å². The number of hydrogen-bond acceptors (Lipinski definition) is 2. The molecule has 0 aliphatic rings. The Bertz CT molecular complexity index is 353. The summed E-state index contributed by atoms with van der Waals surface area (Å²) in [6.07, 6.45) is 0. The van der Waals surface area contributed by atoms with Crippen molar-refractivity contribution in [3.63, 3.8) is 0 Å². The first-order chi connectivity index (χ1) is 8.02. The standard InChI is InChI=1S/C13H20Cl2N2/c1-10(2)8-17(6-5-16)9-11-7-12(14)3-4-13(11)15/h3-4,7,10H,5-6,8-9,16H2,1-2H3. The van der Waals surface area contributed by atoms with Crippen molar-refractivity contribution < 1.29 is 0 Å². The topological polar surface area (TPSA) is 29.3 Å². The van der Waals surface area contributed by atoms with Crippen LogP contribution >= 0.6 is 23.2 Å². The molecule has 1 rings (SSSR count). The van der Waals surface area contributed by atoms with Crippen LogP contribution in [0.4, 0.5) is 0 Å². The second kappa shape index (κ2) is 7.22. The molecule has 0 aliphatic heterocycles. The van der Waals surface area contributed by atoms with Gasteiger partial charge in [-0.15, -0.1) is 0 Å². The number of rotatable bonds is 6. The van der Waals surface area contributed by atoms with Crippen molar-refractivity contribution in [2.75, 3.05) is 19.6 Å². The monoisotopic (exact) mass is 274 g/mol. The third kappa shape index (κ3) is 5.26. The number of halogens is 2. The number of nitrogens with zero attached hydrogens (tertiary/aromatic N) is 1. The van der Waals surface area contributed by atoms with E-state index in [9.17, 15) is 0 Å². The van der Waals surface area contributed by atoms with Gasteiger partial charge in [-0.25, -0.2) is 0 Å². The normalized spacial score (nSPS) is 11.5. The van der Waals surface area contributed by atoms with Crippen LogP contribution < -0.4 is 5.73 Å². The van der Waals surface area contributed by atoms with Gasteiger partial charge < -0.3 is 5.73 Å². The van der Waals surface area contributed by atoms with E-state index < -0.39 is 0 Å². The Labute approximate surface area is 114 Å². The van der Waals surface area contributed by atoms with Crippen molar-refractivity contribution in [1.29, 1.82) is 0 Å². The Morgan fingerprint density at radius 2 is 2.00 bits per heavy atom. The molecule has 0 aliphatic carbocycles. The summed E-state index contributed by atoms with van der Waals surface area (Å²) in [6, 6.07) is 5.58. The van der Waals surface area contributed by atoms with Gasteiger partial charge in [-0.3, -0.25) is 4.90 Å². The zero-order chi connectivity index (χ0) is 12.8. The van der Waals surface area contributed by atoms with Gasteiger partial charge in [-0.05, 0) is 29.7 Å². The van der Waals surface area contributed by atoms with E-state index in [1.807, 2.05) is 18.2 Å². The van der Waals surface area contributed by atoms with Crippen molar-refractivity contribution in [2.45, 2.75) is 20.4 Å². The maximum atomic E-state index is 6.16. The lowest BCUT2D eigenvalue weighted by Gasteiger charge is -2.24. The van der Waals surface area contributed by atoms with Gasteiger partial charge in [0.15, 0.2) is 0 Å². The third-order valence-corrected chi connectivity index (χ3v) is 3.07. The summed E-state index contributed by atoms with van der Waals surface area (Å²) in [5.41, 5.74) is 6.69. The smallest absolute Gasteiger partial charge is 0.0452 e. The summed E-state index contributed by atoms with van der Waals surface area (Å²) in [5, 5.41) is 1.49. The molecule has 0 radical (unpaired) electrons. The Morgan fingerprint density at radius 3 is 2.59 bits per heavy atom. The average Bonchev–Trinajstić information content (AvgIpc) is 2.23. The lowest BCUT2D eigenvalue weighted by molar-refractivity contribution is 0.242. The molecule has 0 heterocycles. The summed E-state index contributed by atoms with van der Waals surface area (Å²) in [4.78, 5) is 2.31. The molecule has 2 nitrogen and oxygen atoms in total. The van der Waals surface area contributed by atoms with Gasteiger partial charge in [-0.2, -0.15) is 0 Å². The third-order valence-electron chi connectivity index (χ3n) is 2.47. The molecule has 17 heavy (non-hydrogen) atoms. The predicted molar refractivity (Wildman–Crippen MR) is 75.6 cm³/mol. The van der Waals surface area contributed by atoms with Crippen LogP contribution in [0.5, 0.6) is 0 Å². The molecule has 0 amide bonds. The fraction of sp³-hybridized carbons (Fsp3) is 0.538. The highest BCUT2D eigenvalue weighted by Gasteiger charge is 2.10. The van der Waals surface area contributed by atoms with Gasteiger partial charge in [0.25, 0.3) is 0 Å². The molecule has 0 bridgehead atoms. The lowest BCUT2D eigenvalue weighted by Crippen LogP contribution is -2.32. The van der Waals surface area contributed by atoms with Crippen LogP contribution in [0, 0.1) is 5.92 Å². The summed E-state index contributed by atoms with van der Waals surface area (Å²) in [7, 11) is 0. The quantitative estimate of drug-likeness (QED) is 0.862. The molecule has 0 spiro atoms. The summed E-state index contributed by atoms with van der Waals surface area (Å²) in [6.45, 7) is 7.74. The lowest BCUT2D eigenvalue weighted by atomic mass is 10.1. The van der Waals surface area contributed by atoms with Crippen LogP contribution in [0.3, 0.4) is 0 Å². The molecule has 96 valence electrons. The van der Waals surface area contributed by atoms with Crippen molar-refractivity contribution in [3.05, 3.63) is 33.8 Å². The van der Waals surface area contributed by atoms with Crippen molar-refractivity contribution in [2.24, 2.45) is 11.7 Å². The van der Waals surface area contributed by atoms with E-state index in [0.717, 1.165) is 35.2 Å². The fourth-order valence-corrected chi connectivity index (χ4v) is 2.21. The van der Waals surface area contributed by atoms with Gasteiger partial charge in [-0.1, -0.05) is 37.0 Å². The van der Waals surface area contributed by atoms with E-state index >= 15 is 0 Å². The van der Waals surface area contributed by atoms with Crippen molar-refractivity contribution >= 4 is 23.2 Å². The van der Waals surface area contributed by atoms with E-state index in [1.165, 1.54) is 0 Å². The maximum absolute atomic E-state index is 6.16. The first-order valence-corrected chi connectivity index (χ1v) is 6.65. The van der Waals surface area contributed by atoms with Gasteiger partial charge in [0.05, 0.1) is 0 Å². The zero-order valence-electron chi connectivity index (χ0n) is 10.4. The summed E-state index contributed by atoms with van der Waals surface area (Å²) in [5.74, 6) is 0.611. The van der Waals surface area contributed by atoms with Crippen LogP contribution in [0.25, 0.3) is 0 Å². The average molecular weight is 275 g/mol. The van der Waals surface area contributed by atoms with Gasteiger partial charge in [0, 0.05) is 36.2 Å². The zero-order valence-corrected chi connectivity index (χ0v) is 11.9. The first-order valence-electron chi connectivity index (χ1n) is 5.89. The molecule has 4 heteroatoms. The molecule has 0 unspecified atom stereocenters. The first kappa shape index (κ1) is 14.8. The fourth-order valence-electron chi connectivity index (χ4n) is 1.84. The van der Waals surface area contributed by atoms with Gasteiger partial charge in [0.1, 0.15) is 0 Å². The van der Waals surface area contributed by atoms with Crippen LogP contribution in [0.1, 0.15) is 19.4 Å². The highest BCUT2D eigenvalue weighted by molar-refractivity contribution is 6.33. The molecule has 0 saturated heterocycles. The number of hydrogen-bond donors (Lipinski definition) is 1. The van der Waals surface area contributed by atoms with Gasteiger partial charge >= 0.3 is 0 Å². The van der Waals surface area contributed by atoms with Crippen molar-refractivity contribution in [1.82, 2.24) is 4.90 Å². The molecule has 1 aromatic rings. The highest BCUT2D eigenvalue weighted by atomic mass is 35.5. The summed E-state index contributed by atoms with van der Waals surface area (Å²) >= 11 is 12.1. The van der Waals surface area contributed by atoms with Crippen LogP contribution in [0.15, 0.2) is 18.2 Å². The highest BCUT2D eigenvalue weighted by Crippen LogP contribution is 2.22. The van der Waals surface area contributed by atoms with Crippen LogP contribution in [-0.4, -0.2) is 24.5 Å². The number of nitrogens with two attached hydrogens (primary N) is 1. The molecule has 0 atom stereocenters. The largest absolute Gasteiger partial charge is 0.329 e. The molecule has 0 aromatic heterocycles. The predicted octanol–water partition coefficient (Wildman–Crippen LogP) is 3.41. The SMILES string of the molecule is CC(C)CN(CCN)Cc1cc(Cl)ccc1Cl. The molecular formula is C13H20Cl2N2. The minimum absolute atomic E-state index is 0.611. The summed E-state index contributed by atoms with van der Waals surface area (Å²) < 4.78 is 0. The Balaban J connectivity index is 2.74. The second-order valence-electron chi connectivity index (χ2n) is 4.65. The van der Waals surface area contributed by atoms with Crippen molar-refractivity contribution in [3.8, 4) is 0 Å². The van der Waals surface area contributed by atoms with E-state index in [2.05, 4.69) is 18.7 Å². The van der Waals surface area contributed by atoms with E-state index in [-0.39, 0.29) is 0 Å². The molecular weight excluding hydrogens is 255 g/mol. The Morgan fingerprint density at radius 1 is 1.29 bits per heavy atom. The molecule has 0 saturated carbocycles. The Kier molecular flexibility index (Phi) is 6.28. The second-order valence-corrected chi connectivity index (χ2v) is 5.50. The van der Waals surface area contributed by atoms with Crippen LogP contribution in [0.2, 0.25) is 10.0 Å². The Hall–Kier alpha value is -0.280. The molecule has 0 fully saturated rings. The maximum Gasteiger partial charge on any atom is 0.0452 e. The molecule has 2 N–H and O–H groups in total. The van der Waals surface area contributed by atoms with E-state index in [1.54, 1.807) is 0 Å². The van der Waals surface area contributed by atoms with Crippen LogP contribution in [-0.2, 0) is 6.54 Å². The minimum Gasteiger partial charge on any atom is -0.329 e. The number of benzene rings is 1. The van der Waals surface area contributed by atoms with E-state index in [4.69, 9.17) is 28.9 Å². The van der Waals surface area contributed by atoms with E-state index in [0.29, 0.717) is 12.5 Å². The minimum atomic E-state index is 0.611. The molecule has 1 aromatic carbocycles.